The number of fused-ring (bicyclic) bond motifs is 2. The zero-order chi connectivity index (χ0) is 26.3. The average Bonchev–Trinajstić information content (AvgIpc) is 3.45. The number of aromatic amines is 1. The highest BCUT2D eigenvalue weighted by molar-refractivity contribution is 6.31. The molecule has 1 saturated carbocycles. The van der Waals surface area contributed by atoms with E-state index in [1.807, 2.05) is 13.1 Å². The molecule has 0 spiro atoms. The van der Waals surface area contributed by atoms with E-state index in [0.29, 0.717) is 36.5 Å². The van der Waals surface area contributed by atoms with Crippen LogP contribution in [0, 0.1) is 5.92 Å². The van der Waals surface area contributed by atoms with E-state index in [-0.39, 0.29) is 42.0 Å². The summed E-state index contributed by atoms with van der Waals surface area (Å²) < 4.78 is 0. The lowest BCUT2D eigenvalue weighted by atomic mass is 9.81. The molecule has 3 aromatic rings. The van der Waals surface area contributed by atoms with Crippen molar-refractivity contribution in [3.05, 3.63) is 58.3 Å². The molecular weight excluding hydrogens is 529 g/mol. The van der Waals surface area contributed by atoms with Crippen molar-refractivity contribution in [1.29, 1.82) is 0 Å². The molecule has 0 bridgehead atoms. The minimum Gasteiger partial charge on any atom is -0.351 e. The van der Waals surface area contributed by atoms with Gasteiger partial charge in [-0.25, -0.2) is 9.97 Å². The van der Waals surface area contributed by atoms with Crippen molar-refractivity contribution in [3.8, 4) is 0 Å². The first kappa shape index (κ1) is 27.8. The number of amides is 3. The minimum atomic E-state index is -0.461. The lowest BCUT2D eigenvalue weighted by Crippen LogP contribution is -2.56. The van der Waals surface area contributed by atoms with E-state index in [0.717, 1.165) is 28.7 Å². The van der Waals surface area contributed by atoms with Crippen molar-refractivity contribution >= 4 is 52.6 Å². The number of hydrogen-bond donors (Lipinski definition) is 3. The molecule has 3 atom stereocenters. The van der Waals surface area contributed by atoms with Gasteiger partial charge in [0.2, 0.25) is 11.7 Å². The molecule has 0 radical (unpaired) electrons. The molecule has 1 aliphatic heterocycles. The first-order chi connectivity index (χ1) is 17.7. The van der Waals surface area contributed by atoms with Gasteiger partial charge in [-0.1, -0.05) is 11.6 Å². The summed E-state index contributed by atoms with van der Waals surface area (Å²) in [4.78, 5) is 54.6. The number of rotatable bonds is 5. The van der Waals surface area contributed by atoms with Gasteiger partial charge in [0.1, 0.15) is 5.69 Å². The Kier molecular flexibility index (Phi) is 8.25. The monoisotopic (exact) mass is 559 g/mol. The first-order valence-corrected chi connectivity index (χ1v) is 12.7. The number of hydrogen-bond acceptors (Lipinski definition) is 6. The fourth-order valence-corrected chi connectivity index (χ4v) is 5.40. The van der Waals surface area contributed by atoms with Gasteiger partial charge in [-0.2, -0.15) is 0 Å². The number of nitrogens with zero attached hydrogens (tertiary/aromatic N) is 4. The molecule has 2 aromatic heterocycles. The van der Waals surface area contributed by atoms with E-state index >= 15 is 0 Å². The van der Waals surface area contributed by atoms with Crippen LogP contribution in [0.4, 0.5) is 0 Å². The van der Waals surface area contributed by atoms with Crippen LogP contribution in [0.2, 0.25) is 5.02 Å². The summed E-state index contributed by atoms with van der Waals surface area (Å²) in [7, 11) is 5.43. The molecule has 12 heteroatoms. The lowest BCUT2D eigenvalue weighted by Gasteiger charge is -2.37. The van der Waals surface area contributed by atoms with Gasteiger partial charge < -0.3 is 20.5 Å². The van der Waals surface area contributed by atoms with Crippen LogP contribution in [0.1, 0.15) is 51.6 Å². The third-order valence-electron chi connectivity index (χ3n) is 7.12. The molecule has 1 aliphatic carbocycles. The van der Waals surface area contributed by atoms with Crippen molar-refractivity contribution < 1.29 is 14.4 Å². The topological polar surface area (TPSA) is 123 Å². The van der Waals surface area contributed by atoms with Crippen molar-refractivity contribution in [1.82, 2.24) is 35.4 Å². The predicted molar refractivity (Wildman–Crippen MR) is 146 cm³/mol. The number of aromatic nitrogens is 3. The lowest BCUT2D eigenvalue weighted by molar-refractivity contribution is -0.134. The fraction of sp³-hybridized carbons (Fsp3) is 0.423. The van der Waals surface area contributed by atoms with Gasteiger partial charge in [0.25, 0.3) is 11.8 Å². The molecule has 10 nitrogen and oxygen atoms in total. The summed E-state index contributed by atoms with van der Waals surface area (Å²) in [6.07, 6.45) is 3.26. The quantitative estimate of drug-likeness (QED) is 0.441. The highest BCUT2D eigenvalue weighted by Gasteiger charge is 2.37. The number of benzene rings is 1. The normalized spacial score (nSPS) is 20.9. The molecule has 0 unspecified atom stereocenters. The summed E-state index contributed by atoms with van der Waals surface area (Å²) in [5.41, 5.74) is 3.06. The molecule has 3 amide bonds. The fourth-order valence-electron chi connectivity index (χ4n) is 5.22. The molecule has 2 aliphatic rings. The molecule has 3 N–H and O–H groups in total. The van der Waals surface area contributed by atoms with Gasteiger partial charge in [-0.3, -0.25) is 19.3 Å². The smallest absolute Gasteiger partial charge is 0.289 e. The zero-order valence-electron chi connectivity index (χ0n) is 21.5. The van der Waals surface area contributed by atoms with Crippen LogP contribution in [0.15, 0.2) is 30.5 Å². The molecule has 1 aromatic carbocycles. The summed E-state index contributed by atoms with van der Waals surface area (Å²) in [5, 5.41) is 7.50. The second-order valence-electron chi connectivity index (χ2n) is 10.2. The summed E-state index contributed by atoms with van der Waals surface area (Å²) in [6.45, 7) is 1.41. The Morgan fingerprint density at radius 2 is 1.84 bits per heavy atom. The van der Waals surface area contributed by atoms with Gasteiger partial charge in [-0.05, 0) is 50.6 Å². The highest BCUT2D eigenvalue weighted by Crippen LogP contribution is 2.27. The molecule has 3 heterocycles. The van der Waals surface area contributed by atoms with Crippen LogP contribution >= 0.6 is 24.0 Å². The highest BCUT2D eigenvalue weighted by atomic mass is 35.5. The minimum absolute atomic E-state index is 0. The van der Waals surface area contributed by atoms with E-state index in [1.165, 1.54) is 0 Å². The average molecular weight is 560 g/mol. The van der Waals surface area contributed by atoms with E-state index in [9.17, 15) is 14.4 Å². The number of halogens is 2. The Balaban J connectivity index is 0.00000336. The largest absolute Gasteiger partial charge is 0.351 e. The van der Waals surface area contributed by atoms with Gasteiger partial charge in [0, 0.05) is 66.8 Å². The maximum absolute atomic E-state index is 13.2. The van der Waals surface area contributed by atoms with Crippen LogP contribution in [-0.2, 0) is 17.9 Å². The van der Waals surface area contributed by atoms with E-state index in [2.05, 4.69) is 30.5 Å². The van der Waals surface area contributed by atoms with Crippen LogP contribution in [0.3, 0.4) is 0 Å². The Morgan fingerprint density at radius 1 is 1.08 bits per heavy atom. The Hall–Kier alpha value is -3.21. The van der Waals surface area contributed by atoms with Crippen LogP contribution in [0.5, 0.6) is 0 Å². The second-order valence-corrected chi connectivity index (χ2v) is 10.6. The van der Waals surface area contributed by atoms with E-state index in [1.54, 1.807) is 43.4 Å². The van der Waals surface area contributed by atoms with Gasteiger partial charge in [0.15, 0.2) is 0 Å². The first-order valence-electron chi connectivity index (χ1n) is 12.3. The van der Waals surface area contributed by atoms with Gasteiger partial charge >= 0.3 is 0 Å². The Bertz CT molecular complexity index is 1380. The van der Waals surface area contributed by atoms with Crippen molar-refractivity contribution in [2.45, 2.75) is 44.4 Å². The maximum atomic E-state index is 13.2. The standard InChI is InChI=1S/C26H30ClN7O3.ClH/c1-33(2)26(37)14-4-6-19(31-24(35)21-10-15-8-17(27)5-7-18(15)29-21)20(9-14)32-25(36)23-28-11-16-12-34(3)13-22(16)30-23;/h5,7-8,10-11,14,19-20,29H,4,6,9,12-13H2,1-3H3,(H,31,35)(H,32,36);1H/t14-,19-,20+;/m0./s1. The molecular formula is C26H31Cl2N7O3. The molecule has 202 valence electrons. The Labute approximate surface area is 231 Å². The molecule has 5 rings (SSSR count). The van der Waals surface area contributed by atoms with Gasteiger partial charge in [0.05, 0.1) is 11.7 Å². The summed E-state index contributed by atoms with van der Waals surface area (Å²) in [6, 6.07) is 6.30. The van der Waals surface area contributed by atoms with Crippen molar-refractivity contribution in [2.24, 2.45) is 5.92 Å². The summed E-state index contributed by atoms with van der Waals surface area (Å²) in [5.74, 6) is -0.857. The van der Waals surface area contributed by atoms with Crippen LogP contribution in [0.25, 0.3) is 10.9 Å². The van der Waals surface area contributed by atoms with E-state index in [4.69, 9.17) is 11.6 Å². The third kappa shape index (κ3) is 5.77. The zero-order valence-corrected chi connectivity index (χ0v) is 23.0. The molecule has 38 heavy (non-hydrogen) atoms. The van der Waals surface area contributed by atoms with E-state index < -0.39 is 11.9 Å². The van der Waals surface area contributed by atoms with Crippen LogP contribution in [-0.4, -0.2) is 75.7 Å². The maximum Gasteiger partial charge on any atom is 0.289 e. The Morgan fingerprint density at radius 3 is 2.61 bits per heavy atom. The second kappa shape index (κ2) is 11.3. The number of carbonyl (C=O) groups is 3. The third-order valence-corrected chi connectivity index (χ3v) is 7.35. The van der Waals surface area contributed by atoms with Crippen LogP contribution < -0.4 is 10.6 Å². The van der Waals surface area contributed by atoms with Crippen molar-refractivity contribution in [2.75, 3.05) is 21.1 Å². The summed E-state index contributed by atoms with van der Waals surface area (Å²) >= 11 is 6.08. The number of H-pyrrole nitrogens is 1. The number of nitrogens with one attached hydrogen (secondary N) is 3. The number of carbonyl (C=O) groups excluding carboxylic acids is 3. The SMILES string of the molecule is CN1Cc2cnc(C(=O)N[C@@H]3C[C@@H](C(=O)N(C)C)CC[C@@H]3NC(=O)c3cc4cc(Cl)ccc4[nH]3)nc2C1.Cl. The molecule has 0 saturated heterocycles. The molecule has 1 fully saturated rings. The van der Waals surface area contributed by atoms with Crippen molar-refractivity contribution in [3.63, 3.8) is 0 Å². The predicted octanol–water partition coefficient (Wildman–Crippen LogP) is 2.76. The van der Waals surface area contributed by atoms with Gasteiger partial charge in [-0.15, -0.1) is 12.4 Å².